The molecule has 9 heteroatoms. The molecule has 1 aliphatic heterocycles. The molecule has 2 aromatic rings. The summed E-state index contributed by atoms with van der Waals surface area (Å²) in [5, 5.41) is 3.94. The number of carbonyl (C=O) groups excluding carboxylic acids is 2. The van der Waals surface area contributed by atoms with Crippen LogP contribution in [-0.4, -0.2) is 58.4 Å². The molecule has 0 N–H and O–H groups in total. The normalized spacial score (nSPS) is 14.5. The van der Waals surface area contributed by atoms with E-state index in [1.54, 1.807) is 29.0 Å². The minimum absolute atomic E-state index is 0.000506. The van der Waals surface area contributed by atoms with Gasteiger partial charge in [0.2, 0.25) is 11.8 Å². The van der Waals surface area contributed by atoms with Gasteiger partial charge in [-0.05, 0) is 12.1 Å². The number of carbonyl (C=O) groups is 2. The highest BCUT2D eigenvalue weighted by Crippen LogP contribution is 2.30. The second-order valence-electron chi connectivity index (χ2n) is 5.75. The zero-order valence-electron chi connectivity index (χ0n) is 13.4. The predicted octanol–water partition coefficient (Wildman–Crippen LogP) is 2.04. The molecule has 0 atom stereocenters. The maximum atomic E-state index is 12.2. The average Bonchev–Trinajstić information content (AvgIpc) is 3.12. The van der Waals surface area contributed by atoms with Gasteiger partial charge in [-0.15, -0.1) is 11.3 Å². The van der Waals surface area contributed by atoms with Gasteiger partial charge < -0.3 is 14.3 Å². The van der Waals surface area contributed by atoms with Crippen LogP contribution >= 0.6 is 22.9 Å². The van der Waals surface area contributed by atoms with Crippen LogP contribution < -0.4 is 0 Å². The van der Waals surface area contributed by atoms with E-state index in [1.165, 1.54) is 18.3 Å². The minimum atomic E-state index is -0.0222. The molecule has 0 aliphatic carbocycles. The number of aromatic nitrogens is 2. The number of hydrogen-bond donors (Lipinski definition) is 0. The van der Waals surface area contributed by atoms with Gasteiger partial charge in [-0.2, -0.15) is 4.98 Å². The minimum Gasteiger partial charge on any atom is -0.346 e. The van der Waals surface area contributed by atoms with Crippen LogP contribution in [0.4, 0.5) is 0 Å². The van der Waals surface area contributed by atoms with Gasteiger partial charge in [-0.1, -0.05) is 16.8 Å². The number of amides is 2. The maximum Gasteiger partial charge on any atom is 0.264 e. The topological polar surface area (TPSA) is 79.5 Å². The van der Waals surface area contributed by atoms with Crippen molar-refractivity contribution >= 4 is 34.8 Å². The standard InChI is InChI=1S/C15H17ClN4O3S/c1-9(21)19(2)6-5-13-17-14(23-18-13)10-7-20(8-10)15(22)11-3-4-12(16)24-11/h3-4,10H,5-8H2,1-2H3. The van der Waals surface area contributed by atoms with Gasteiger partial charge in [0.05, 0.1) is 15.1 Å². The Morgan fingerprint density at radius 2 is 2.21 bits per heavy atom. The number of rotatable bonds is 5. The molecule has 7 nitrogen and oxygen atoms in total. The summed E-state index contributed by atoms with van der Waals surface area (Å²) in [5.74, 6) is 1.17. The Labute approximate surface area is 148 Å². The highest BCUT2D eigenvalue weighted by molar-refractivity contribution is 7.17. The van der Waals surface area contributed by atoms with Crippen LogP contribution in [-0.2, 0) is 11.2 Å². The zero-order valence-corrected chi connectivity index (χ0v) is 14.9. The molecule has 0 radical (unpaired) electrons. The van der Waals surface area contributed by atoms with E-state index in [-0.39, 0.29) is 17.7 Å². The van der Waals surface area contributed by atoms with E-state index in [2.05, 4.69) is 10.1 Å². The number of hydrogen-bond acceptors (Lipinski definition) is 6. The largest absolute Gasteiger partial charge is 0.346 e. The lowest BCUT2D eigenvalue weighted by Crippen LogP contribution is -2.48. The fourth-order valence-corrected chi connectivity index (χ4v) is 3.36. The van der Waals surface area contributed by atoms with Crippen molar-refractivity contribution in [2.24, 2.45) is 0 Å². The van der Waals surface area contributed by atoms with Crippen molar-refractivity contribution in [1.29, 1.82) is 0 Å². The van der Waals surface area contributed by atoms with Gasteiger partial charge >= 0.3 is 0 Å². The average molecular weight is 369 g/mol. The molecule has 0 bridgehead atoms. The molecule has 0 spiro atoms. The molecule has 3 heterocycles. The highest BCUT2D eigenvalue weighted by atomic mass is 35.5. The first-order chi connectivity index (χ1) is 11.4. The molecule has 128 valence electrons. The highest BCUT2D eigenvalue weighted by Gasteiger charge is 2.36. The van der Waals surface area contributed by atoms with Crippen LogP contribution in [0.15, 0.2) is 16.7 Å². The summed E-state index contributed by atoms with van der Waals surface area (Å²) in [4.78, 5) is 31.7. The number of halogens is 1. The van der Waals surface area contributed by atoms with Gasteiger partial charge in [-0.3, -0.25) is 9.59 Å². The smallest absolute Gasteiger partial charge is 0.264 e. The van der Waals surface area contributed by atoms with Crippen LogP contribution in [0.3, 0.4) is 0 Å². The lowest BCUT2D eigenvalue weighted by Gasteiger charge is -2.36. The summed E-state index contributed by atoms with van der Waals surface area (Å²) in [5.41, 5.74) is 0. The molecule has 2 aromatic heterocycles. The van der Waals surface area contributed by atoms with E-state index in [0.29, 0.717) is 47.0 Å². The summed E-state index contributed by atoms with van der Waals surface area (Å²) in [6, 6.07) is 3.46. The Morgan fingerprint density at radius 1 is 1.46 bits per heavy atom. The Balaban J connectivity index is 1.51. The van der Waals surface area contributed by atoms with E-state index in [9.17, 15) is 9.59 Å². The quantitative estimate of drug-likeness (QED) is 0.806. The molecule has 1 saturated heterocycles. The van der Waals surface area contributed by atoms with E-state index in [0.717, 1.165) is 0 Å². The third kappa shape index (κ3) is 3.59. The summed E-state index contributed by atoms with van der Waals surface area (Å²) >= 11 is 7.14. The molecule has 3 rings (SSSR count). The van der Waals surface area contributed by atoms with Gasteiger partial charge in [0.1, 0.15) is 0 Å². The van der Waals surface area contributed by atoms with Crippen molar-refractivity contribution < 1.29 is 14.1 Å². The molecule has 0 aromatic carbocycles. The molecular weight excluding hydrogens is 352 g/mol. The fraction of sp³-hybridized carbons (Fsp3) is 0.467. The third-order valence-electron chi connectivity index (χ3n) is 3.99. The molecule has 2 amide bonds. The Bertz CT molecular complexity index is 753. The number of likely N-dealkylation sites (N-methyl/N-ethyl adjacent to an activating group) is 1. The molecule has 0 saturated carbocycles. The SMILES string of the molecule is CC(=O)N(C)CCc1noc(C2CN(C(=O)c3ccc(Cl)s3)C2)n1. The first kappa shape index (κ1) is 16.9. The van der Waals surface area contributed by atoms with Gasteiger partial charge in [-0.25, -0.2) is 0 Å². The van der Waals surface area contributed by atoms with Crippen LogP contribution in [0.5, 0.6) is 0 Å². The lowest BCUT2D eigenvalue weighted by molar-refractivity contribution is -0.127. The number of likely N-dealkylation sites (tertiary alicyclic amines) is 1. The Hall–Kier alpha value is -1.93. The maximum absolute atomic E-state index is 12.2. The van der Waals surface area contributed by atoms with Crippen molar-refractivity contribution in [3.05, 3.63) is 33.1 Å². The third-order valence-corrected chi connectivity index (χ3v) is 5.21. The Morgan fingerprint density at radius 3 is 2.83 bits per heavy atom. The van der Waals surface area contributed by atoms with E-state index in [4.69, 9.17) is 16.1 Å². The number of thiophene rings is 1. The molecule has 1 aliphatic rings. The molecule has 1 fully saturated rings. The number of nitrogens with zero attached hydrogens (tertiary/aromatic N) is 4. The van der Waals surface area contributed by atoms with Crippen molar-refractivity contribution in [3.8, 4) is 0 Å². The van der Waals surface area contributed by atoms with Gasteiger partial charge in [0, 0.05) is 40.0 Å². The van der Waals surface area contributed by atoms with Crippen molar-refractivity contribution in [2.75, 3.05) is 26.7 Å². The summed E-state index contributed by atoms with van der Waals surface area (Å²) < 4.78 is 5.88. The van der Waals surface area contributed by atoms with Crippen molar-refractivity contribution in [2.45, 2.75) is 19.3 Å². The molecular formula is C15H17ClN4O3S. The second-order valence-corrected chi connectivity index (χ2v) is 7.47. The van der Waals surface area contributed by atoms with Crippen LogP contribution in [0.2, 0.25) is 4.34 Å². The van der Waals surface area contributed by atoms with Crippen molar-refractivity contribution in [3.63, 3.8) is 0 Å². The fourth-order valence-electron chi connectivity index (χ4n) is 2.35. The van der Waals surface area contributed by atoms with Crippen molar-refractivity contribution in [1.82, 2.24) is 19.9 Å². The van der Waals surface area contributed by atoms with E-state index in [1.807, 2.05) is 0 Å². The lowest BCUT2D eigenvalue weighted by atomic mass is 10.00. The summed E-state index contributed by atoms with van der Waals surface area (Å²) in [6.07, 6.45) is 0.544. The first-order valence-electron chi connectivity index (χ1n) is 7.53. The second kappa shape index (κ2) is 6.90. The monoisotopic (exact) mass is 368 g/mol. The summed E-state index contributed by atoms with van der Waals surface area (Å²) in [7, 11) is 1.73. The Kier molecular flexibility index (Phi) is 4.86. The van der Waals surface area contributed by atoms with Gasteiger partial charge in [0.25, 0.3) is 5.91 Å². The van der Waals surface area contributed by atoms with Gasteiger partial charge in [0.15, 0.2) is 5.82 Å². The van der Waals surface area contributed by atoms with E-state index < -0.39 is 0 Å². The molecule has 24 heavy (non-hydrogen) atoms. The zero-order chi connectivity index (χ0) is 17.3. The van der Waals surface area contributed by atoms with Crippen LogP contribution in [0, 0.1) is 0 Å². The predicted molar refractivity (Wildman–Crippen MR) is 89.3 cm³/mol. The summed E-state index contributed by atoms with van der Waals surface area (Å²) in [6.45, 7) is 3.18. The van der Waals surface area contributed by atoms with Crippen LogP contribution in [0.25, 0.3) is 0 Å². The van der Waals surface area contributed by atoms with Crippen LogP contribution in [0.1, 0.15) is 34.2 Å². The molecule has 0 unspecified atom stereocenters. The first-order valence-corrected chi connectivity index (χ1v) is 8.72. The van der Waals surface area contributed by atoms with E-state index >= 15 is 0 Å².